The second-order valence-corrected chi connectivity index (χ2v) is 9.15. The van der Waals surface area contributed by atoms with Gasteiger partial charge in [-0.1, -0.05) is 57.2 Å². The Kier molecular flexibility index (Phi) is 4.92. The van der Waals surface area contributed by atoms with E-state index >= 15 is 0 Å². The molecular formula is C24H32N4O. The third-order valence-electron chi connectivity index (χ3n) is 7.46. The van der Waals surface area contributed by atoms with E-state index in [-0.39, 0.29) is 17.5 Å². The highest BCUT2D eigenvalue weighted by molar-refractivity contribution is 6.05. The van der Waals surface area contributed by atoms with E-state index in [2.05, 4.69) is 11.6 Å². The Balaban J connectivity index is 1.66. The molecule has 1 aliphatic heterocycles. The van der Waals surface area contributed by atoms with Crippen LogP contribution in [-0.4, -0.2) is 26.7 Å². The van der Waals surface area contributed by atoms with Gasteiger partial charge >= 0.3 is 0 Å². The first-order valence-electron chi connectivity index (χ1n) is 11.6. The number of aromatic nitrogens is 3. The van der Waals surface area contributed by atoms with Crippen LogP contribution in [0.4, 0.5) is 5.95 Å². The van der Waals surface area contributed by atoms with Crippen molar-refractivity contribution in [3.8, 4) is 0 Å². The van der Waals surface area contributed by atoms with Crippen LogP contribution in [-0.2, 0) is 12.0 Å². The van der Waals surface area contributed by atoms with E-state index in [1.165, 1.54) is 51.4 Å². The van der Waals surface area contributed by atoms with E-state index in [1.807, 2.05) is 35.2 Å². The fraction of sp³-hybridized carbons (Fsp3) is 0.625. The highest BCUT2D eigenvalue weighted by Gasteiger charge is 2.55. The summed E-state index contributed by atoms with van der Waals surface area (Å²) in [6, 6.07) is 9.98. The molecule has 2 aromatic rings. The minimum absolute atomic E-state index is 0.0606. The SMILES string of the molecule is CCCc1nc2n(n1)C1(CCCCC1)C1CCCCC1N2C(=O)c1ccccc1. The number of rotatable bonds is 3. The maximum Gasteiger partial charge on any atom is 0.260 e. The summed E-state index contributed by atoms with van der Waals surface area (Å²) in [6.45, 7) is 2.17. The van der Waals surface area contributed by atoms with E-state index < -0.39 is 0 Å². The van der Waals surface area contributed by atoms with Crippen LogP contribution in [0.1, 0.15) is 87.3 Å². The third-order valence-corrected chi connectivity index (χ3v) is 7.46. The Morgan fingerprint density at radius 3 is 2.59 bits per heavy atom. The van der Waals surface area contributed by atoms with Crippen LogP contribution >= 0.6 is 0 Å². The van der Waals surface area contributed by atoms with Crippen LogP contribution in [0.25, 0.3) is 0 Å². The van der Waals surface area contributed by atoms with Gasteiger partial charge < -0.3 is 0 Å². The molecule has 2 heterocycles. The Hall–Kier alpha value is -2.17. The monoisotopic (exact) mass is 392 g/mol. The van der Waals surface area contributed by atoms with Gasteiger partial charge in [0, 0.05) is 23.9 Å². The number of hydrogen-bond donors (Lipinski definition) is 0. The van der Waals surface area contributed by atoms with Gasteiger partial charge in [-0.15, -0.1) is 0 Å². The molecule has 1 aromatic carbocycles. The highest BCUT2D eigenvalue weighted by atomic mass is 16.2. The van der Waals surface area contributed by atoms with Gasteiger partial charge in [0.1, 0.15) is 0 Å². The average molecular weight is 393 g/mol. The number of anilines is 1. The summed E-state index contributed by atoms with van der Waals surface area (Å²) in [4.78, 5) is 20.7. The molecule has 0 N–H and O–H groups in total. The van der Waals surface area contributed by atoms with E-state index in [9.17, 15) is 4.79 Å². The number of benzene rings is 1. The Morgan fingerprint density at radius 2 is 1.83 bits per heavy atom. The van der Waals surface area contributed by atoms with Crippen molar-refractivity contribution in [1.29, 1.82) is 0 Å². The van der Waals surface area contributed by atoms with Gasteiger partial charge in [0.25, 0.3) is 5.91 Å². The number of fused-ring (bicyclic) bond motifs is 4. The quantitative estimate of drug-likeness (QED) is 0.729. The van der Waals surface area contributed by atoms with E-state index in [4.69, 9.17) is 10.1 Å². The fourth-order valence-electron chi connectivity index (χ4n) is 6.19. The number of aryl methyl sites for hydroxylation is 1. The molecule has 5 heteroatoms. The molecule has 1 spiro atoms. The van der Waals surface area contributed by atoms with Gasteiger partial charge in [0.15, 0.2) is 5.82 Å². The lowest BCUT2D eigenvalue weighted by molar-refractivity contribution is 0.0311. The number of carbonyl (C=O) groups is 1. The second kappa shape index (κ2) is 7.58. The average Bonchev–Trinajstić information content (AvgIpc) is 3.20. The molecule has 0 saturated heterocycles. The molecule has 0 bridgehead atoms. The molecule has 2 saturated carbocycles. The molecule has 3 aliphatic rings. The molecule has 154 valence electrons. The number of hydrogen-bond acceptors (Lipinski definition) is 3. The number of nitrogens with zero attached hydrogens (tertiary/aromatic N) is 4. The van der Waals surface area contributed by atoms with Crippen molar-refractivity contribution in [3.63, 3.8) is 0 Å². The van der Waals surface area contributed by atoms with E-state index in [0.717, 1.165) is 36.6 Å². The zero-order valence-corrected chi connectivity index (χ0v) is 17.5. The van der Waals surface area contributed by atoms with Crippen LogP contribution in [0.2, 0.25) is 0 Å². The molecule has 5 nitrogen and oxygen atoms in total. The normalized spacial score (nSPS) is 25.5. The Bertz CT molecular complexity index is 868. The van der Waals surface area contributed by atoms with Gasteiger partial charge in [-0.25, -0.2) is 4.68 Å². The van der Waals surface area contributed by atoms with Gasteiger partial charge in [-0.05, 0) is 44.2 Å². The van der Waals surface area contributed by atoms with E-state index in [1.54, 1.807) is 0 Å². The minimum Gasteiger partial charge on any atom is -0.273 e. The van der Waals surface area contributed by atoms with E-state index in [0.29, 0.717) is 5.92 Å². The van der Waals surface area contributed by atoms with Gasteiger partial charge in [-0.3, -0.25) is 9.69 Å². The van der Waals surface area contributed by atoms with Gasteiger partial charge in [0.05, 0.1) is 5.54 Å². The first-order chi connectivity index (χ1) is 14.2. The third kappa shape index (κ3) is 3.01. The van der Waals surface area contributed by atoms with Crippen LogP contribution in [0.3, 0.4) is 0 Å². The van der Waals surface area contributed by atoms with Crippen molar-refractivity contribution in [1.82, 2.24) is 14.8 Å². The summed E-state index contributed by atoms with van der Waals surface area (Å²) in [6.07, 6.45) is 12.9. The first kappa shape index (κ1) is 18.8. The van der Waals surface area contributed by atoms with Crippen LogP contribution < -0.4 is 4.90 Å². The summed E-state index contributed by atoms with van der Waals surface area (Å²) in [7, 11) is 0. The minimum atomic E-state index is 0.0606. The smallest absolute Gasteiger partial charge is 0.260 e. The molecule has 2 aliphatic carbocycles. The molecule has 2 fully saturated rings. The topological polar surface area (TPSA) is 51.0 Å². The predicted molar refractivity (Wildman–Crippen MR) is 114 cm³/mol. The predicted octanol–water partition coefficient (Wildman–Crippen LogP) is 5.11. The van der Waals surface area contributed by atoms with Crippen molar-refractivity contribution in [2.24, 2.45) is 5.92 Å². The largest absolute Gasteiger partial charge is 0.273 e. The number of amides is 1. The Labute approximate surface area is 173 Å². The van der Waals surface area contributed by atoms with Crippen LogP contribution in [0.5, 0.6) is 0 Å². The lowest BCUT2D eigenvalue weighted by atomic mass is 9.64. The molecule has 1 amide bonds. The molecule has 2 unspecified atom stereocenters. The van der Waals surface area contributed by atoms with Gasteiger partial charge in [-0.2, -0.15) is 10.1 Å². The van der Waals surface area contributed by atoms with Crippen molar-refractivity contribution >= 4 is 11.9 Å². The molecule has 2 atom stereocenters. The van der Waals surface area contributed by atoms with Crippen molar-refractivity contribution < 1.29 is 4.79 Å². The van der Waals surface area contributed by atoms with Crippen molar-refractivity contribution in [2.45, 2.75) is 89.1 Å². The first-order valence-corrected chi connectivity index (χ1v) is 11.6. The highest BCUT2D eigenvalue weighted by Crippen LogP contribution is 2.52. The lowest BCUT2D eigenvalue weighted by Gasteiger charge is -2.55. The van der Waals surface area contributed by atoms with Crippen molar-refractivity contribution in [2.75, 3.05) is 4.90 Å². The summed E-state index contributed by atoms with van der Waals surface area (Å²) >= 11 is 0. The van der Waals surface area contributed by atoms with Gasteiger partial charge in [0.2, 0.25) is 5.95 Å². The molecule has 29 heavy (non-hydrogen) atoms. The van der Waals surface area contributed by atoms with Crippen LogP contribution in [0, 0.1) is 5.92 Å². The lowest BCUT2D eigenvalue weighted by Crippen LogP contribution is -2.61. The summed E-state index contributed by atoms with van der Waals surface area (Å²) in [5.41, 5.74) is 0.813. The molecule has 0 radical (unpaired) electrons. The summed E-state index contributed by atoms with van der Waals surface area (Å²) in [5.74, 6) is 2.29. The standard InChI is InChI=1S/C24H32N4O/c1-2-11-21-25-23-27(22(29)18-12-5-3-6-13-18)20-15-8-7-14-19(20)24(28(23)26-21)16-9-4-10-17-24/h3,5-6,12-13,19-20H,2,4,7-11,14-17H2,1H3. The zero-order chi connectivity index (χ0) is 19.8. The maximum atomic E-state index is 13.7. The molecular weight excluding hydrogens is 360 g/mol. The summed E-state index contributed by atoms with van der Waals surface area (Å²) < 4.78 is 2.23. The molecule has 5 rings (SSSR count). The molecule has 1 aromatic heterocycles. The van der Waals surface area contributed by atoms with Crippen molar-refractivity contribution in [3.05, 3.63) is 41.7 Å². The second-order valence-electron chi connectivity index (χ2n) is 9.15. The van der Waals surface area contributed by atoms with Crippen LogP contribution in [0.15, 0.2) is 30.3 Å². The fourth-order valence-corrected chi connectivity index (χ4v) is 6.19. The summed E-state index contributed by atoms with van der Waals surface area (Å²) in [5, 5.41) is 5.05. The Morgan fingerprint density at radius 1 is 1.07 bits per heavy atom. The zero-order valence-electron chi connectivity index (χ0n) is 17.5. The maximum absolute atomic E-state index is 13.7. The number of carbonyl (C=O) groups excluding carboxylic acids is 1.